The molecule has 0 aromatic heterocycles. The second kappa shape index (κ2) is 7.29. The van der Waals surface area contributed by atoms with Crippen molar-refractivity contribution in [3.8, 4) is 5.75 Å². The first-order chi connectivity index (χ1) is 8.15. The molecule has 1 atom stereocenters. The van der Waals surface area contributed by atoms with Gasteiger partial charge in [0, 0.05) is 4.47 Å². The van der Waals surface area contributed by atoms with E-state index in [0.717, 1.165) is 4.47 Å². The van der Waals surface area contributed by atoms with Gasteiger partial charge in [-0.3, -0.25) is 4.79 Å². The Labute approximate surface area is 109 Å². The van der Waals surface area contributed by atoms with E-state index in [1.807, 2.05) is 19.1 Å². The molecule has 0 unspecified atom stereocenters. The lowest BCUT2D eigenvalue weighted by Crippen LogP contribution is -2.39. The van der Waals surface area contributed by atoms with Crippen molar-refractivity contribution >= 4 is 21.8 Å². The van der Waals surface area contributed by atoms with E-state index in [4.69, 9.17) is 9.84 Å². The smallest absolute Gasteiger partial charge is 0.258 e. The Balaban J connectivity index is 2.38. The van der Waals surface area contributed by atoms with E-state index in [1.54, 1.807) is 12.1 Å². The highest BCUT2D eigenvalue weighted by atomic mass is 79.9. The number of benzene rings is 1. The number of carbonyl (C=O) groups excluding carboxylic acids is 1. The number of hydrogen-bond donors (Lipinski definition) is 2. The van der Waals surface area contributed by atoms with Gasteiger partial charge in [-0.1, -0.05) is 28.9 Å². The molecule has 1 rings (SSSR count). The van der Waals surface area contributed by atoms with Crippen LogP contribution in [0.4, 0.5) is 0 Å². The number of ether oxygens (including phenoxy) is 1. The van der Waals surface area contributed by atoms with Gasteiger partial charge in [0.25, 0.3) is 5.91 Å². The maximum absolute atomic E-state index is 11.5. The Kier molecular flexibility index (Phi) is 6.00. The van der Waals surface area contributed by atoms with Crippen molar-refractivity contribution in [3.63, 3.8) is 0 Å². The van der Waals surface area contributed by atoms with E-state index in [9.17, 15) is 4.79 Å². The summed E-state index contributed by atoms with van der Waals surface area (Å²) in [7, 11) is 0. The summed E-state index contributed by atoms with van der Waals surface area (Å²) in [4.78, 5) is 11.5. The molecule has 0 saturated carbocycles. The zero-order chi connectivity index (χ0) is 12.7. The van der Waals surface area contributed by atoms with Crippen LogP contribution in [0.3, 0.4) is 0 Å². The third kappa shape index (κ3) is 5.19. The summed E-state index contributed by atoms with van der Waals surface area (Å²) in [5, 5.41) is 11.6. The number of hydrogen-bond acceptors (Lipinski definition) is 3. The Morgan fingerprint density at radius 2 is 2.35 bits per heavy atom. The molecular formula is C12H16BrNO3. The van der Waals surface area contributed by atoms with Crippen LogP contribution >= 0.6 is 15.9 Å². The van der Waals surface area contributed by atoms with Crippen molar-refractivity contribution in [1.29, 1.82) is 0 Å². The van der Waals surface area contributed by atoms with Crippen LogP contribution in [0.25, 0.3) is 0 Å². The van der Waals surface area contributed by atoms with Gasteiger partial charge in [-0.05, 0) is 24.6 Å². The van der Waals surface area contributed by atoms with E-state index in [0.29, 0.717) is 12.2 Å². The average Bonchev–Trinajstić information content (AvgIpc) is 2.33. The molecule has 0 fully saturated rings. The molecule has 0 aliphatic rings. The molecule has 4 nitrogen and oxygen atoms in total. The second-order valence-electron chi connectivity index (χ2n) is 3.60. The Hall–Kier alpha value is -1.07. The summed E-state index contributed by atoms with van der Waals surface area (Å²) in [5.74, 6) is 0.400. The number of aliphatic hydroxyl groups is 1. The lowest BCUT2D eigenvalue weighted by molar-refractivity contribution is -0.124. The SMILES string of the molecule is CC[C@H](CO)NC(=O)COc1cccc(Br)c1. The van der Waals surface area contributed by atoms with Crippen molar-refractivity contribution in [2.24, 2.45) is 0 Å². The van der Waals surface area contributed by atoms with Crippen LogP contribution < -0.4 is 10.1 Å². The Bertz CT molecular complexity index is 367. The lowest BCUT2D eigenvalue weighted by Gasteiger charge is -2.14. The van der Waals surface area contributed by atoms with Crippen molar-refractivity contribution in [2.75, 3.05) is 13.2 Å². The summed E-state index contributed by atoms with van der Waals surface area (Å²) in [6.45, 7) is 1.79. The average molecular weight is 302 g/mol. The van der Waals surface area contributed by atoms with Crippen molar-refractivity contribution in [1.82, 2.24) is 5.32 Å². The highest BCUT2D eigenvalue weighted by Crippen LogP contribution is 2.17. The fourth-order valence-corrected chi connectivity index (χ4v) is 1.63. The molecule has 1 amide bonds. The summed E-state index contributed by atoms with van der Waals surface area (Å²) >= 11 is 3.32. The van der Waals surface area contributed by atoms with Crippen molar-refractivity contribution < 1.29 is 14.6 Å². The first-order valence-corrected chi connectivity index (χ1v) is 6.23. The van der Waals surface area contributed by atoms with E-state index >= 15 is 0 Å². The predicted molar refractivity (Wildman–Crippen MR) is 68.9 cm³/mol. The van der Waals surface area contributed by atoms with E-state index < -0.39 is 0 Å². The number of nitrogens with one attached hydrogen (secondary N) is 1. The summed E-state index contributed by atoms with van der Waals surface area (Å²) in [6.07, 6.45) is 0.694. The highest BCUT2D eigenvalue weighted by molar-refractivity contribution is 9.10. The molecule has 0 saturated heterocycles. The predicted octanol–water partition coefficient (Wildman–Crippen LogP) is 1.71. The molecule has 17 heavy (non-hydrogen) atoms. The van der Waals surface area contributed by atoms with Crippen LogP contribution in [0.15, 0.2) is 28.7 Å². The second-order valence-corrected chi connectivity index (χ2v) is 4.52. The number of rotatable bonds is 6. The number of aliphatic hydroxyl groups excluding tert-OH is 1. The van der Waals surface area contributed by atoms with Crippen LogP contribution in [-0.4, -0.2) is 30.3 Å². The molecule has 1 aromatic rings. The molecule has 0 heterocycles. The van der Waals surface area contributed by atoms with E-state index in [-0.39, 0.29) is 25.2 Å². The monoisotopic (exact) mass is 301 g/mol. The summed E-state index contributed by atoms with van der Waals surface area (Å²) in [6, 6.07) is 7.08. The third-order valence-electron chi connectivity index (χ3n) is 2.24. The molecule has 1 aromatic carbocycles. The zero-order valence-corrected chi connectivity index (χ0v) is 11.2. The van der Waals surface area contributed by atoms with Gasteiger partial charge in [0.05, 0.1) is 12.6 Å². The first kappa shape index (κ1) is 14.0. The van der Waals surface area contributed by atoms with E-state index in [1.165, 1.54) is 0 Å². The van der Waals surface area contributed by atoms with Crippen LogP contribution in [0.2, 0.25) is 0 Å². The molecule has 0 aliphatic heterocycles. The standard InChI is InChI=1S/C12H16BrNO3/c1-2-10(7-15)14-12(16)8-17-11-5-3-4-9(13)6-11/h3-6,10,15H,2,7-8H2,1H3,(H,14,16)/t10-/m1/s1. The molecule has 0 aliphatic carbocycles. The number of amides is 1. The van der Waals surface area contributed by atoms with Gasteiger partial charge in [-0.2, -0.15) is 0 Å². The Morgan fingerprint density at radius 3 is 2.94 bits per heavy atom. The third-order valence-corrected chi connectivity index (χ3v) is 2.74. The summed E-state index contributed by atoms with van der Waals surface area (Å²) < 4.78 is 6.22. The quantitative estimate of drug-likeness (QED) is 0.841. The van der Waals surface area contributed by atoms with Gasteiger partial charge in [0.2, 0.25) is 0 Å². The lowest BCUT2D eigenvalue weighted by atomic mass is 10.2. The van der Waals surface area contributed by atoms with Crippen LogP contribution in [0.5, 0.6) is 5.75 Å². The van der Waals surface area contributed by atoms with Crippen LogP contribution in [0.1, 0.15) is 13.3 Å². The van der Waals surface area contributed by atoms with Gasteiger partial charge < -0.3 is 15.2 Å². The number of halogens is 1. The van der Waals surface area contributed by atoms with Gasteiger partial charge in [0.1, 0.15) is 5.75 Å². The topological polar surface area (TPSA) is 58.6 Å². The minimum absolute atomic E-state index is 0.0487. The molecule has 0 radical (unpaired) electrons. The highest BCUT2D eigenvalue weighted by Gasteiger charge is 2.09. The van der Waals surface area contributed by atoms with Crippen molar-refractivity contribution in [3.05, 3.63) is 28.7 Å². The van der Waals surface area contributed by atoms with Crippen molar-refractivity contribution in [2.45, 2.75) is 19.4 Å². The fraction of sp³-hybridized carbons (Fsp3) is 0.417. The number of carbonyl (C=O) groups is 1. The molecular weight excluding hydrogens is 286 g/mol. The molecule has 2 N–H and O–H groups in total. The zero-order valence-electron chi connectivity index (χ0n) is 9.65. The van der Waals surface area contributed by atoms with Crippen LogP contribution in [-0.2, 0) is 4.79 Å². The maximum atomic E-state index is 11.5. The normalized spacial score (nSPS) is 11.9. The van der Waals surface area contributed by atoms with Gasteiger partial charge in [0.15, 0.2) is 6.61 Å². The Morgan fingerprint density at radius 1 is 1.59 bits per heavy atom. The van der Waals surface area contributed by atoms with Crippen LogP contribution in [0, 0.1) is 0 Å². The fourth-order valence-electron chi connectivity index (χ4n) is 1.25. The van der Waals surface area contributed by atoms with Gasteiger partial charge >= 0.3 is 0 Å². The first-order valence-electron chi connectivity index (χ1n) is 5.44. The molecule has 0 spiro atoms. The minimum Gasteiger partial charge on any atom is -0.484 e. The van der Waals surface area contributed by atoms with Gasteiger partial charge in [-0.25, -0.2) is 0 Å². The van der Waals surface area contributed by atoms with E-state index in [2.05, 4.69) is 21.2 Å². The van der Waals surface area contributed by atoms with Gasteiger partial charge in [-0.15, -0.1) is 0 Å². The molecule has 0 bridgehead atoms. The largest absolute Gasteiger partial charge is 0.484 e. The molecule has 94 valence electrons. The molecule has 5 heteroatoms. The summed E-state index contributed by atoms with van der Waals surface area (Å²) in [5.41, 5.74) is 0. The minimum atomic E-state index is -0.231. The maximum Gasteiger partial charge on any atom is 0.258 e.